The second-order valence-corrected chi connectivity index (χ2v) is 6.75. The minimum absolute atomic E-state index is 0.262. The highest BCUT2D eigenvalue weighted by Gasteiger charge is 2.12. The Hall–Kier alpha value is -3.13. The van der Waals surface area contributed by atoms with Crippen molar-refractivity contribution in [1.82, 2.24) is 19.7 Å². The molecule has 0 saturated carbocycles. The second kappa shape index (κ2) is 7.24. The Morgan fingerprint density at radius 1 is 1.22 bits per heavy atom. The molecule has 0 spiro atoms. The number of halogens is 1. The SMILES string of the molecule is COc1ccc(-n2ncc3c(=O)[nH]c(SCc4cccc(F)c4)nc32)cc1. The quantitative estimate of drug-likeness (QED) is 0.422. The highest BCUT2D eigenvalue weighted by Crippen LogP contribution is 2.22. The van der Waals surface area contributed by atoms with E-state index in [4.69, 9.17) is 4.74 Å². The number of aromatic amines is 1. The number of rotatable bonds is 5. The van der Waals surface area contributed by atoms with Gasteiger partial charge in [0.05, 0.1) is 19.0 Å². The summed E-state index contributed by atoms with van der Waals surface area (Å²) in [5, 5.41) is 5.14. The number of hydrogen-bond acceptors (Lipinski definition) is 5. The molecule has 6 nitrogen and oxygen atoms in total. The van der Waals surface area contributed by atoms with Crippen molar-refractivity contribution in [1.29, 1.82) is 0 Å². The van der Waals surface area contributed by atoms with Crippen molar-refractivity contribution < 1.29 is 9.13 Å². The minimum atomic E-state index is -0.289. The third-order valence-electron chi connectivity index (χ3n) is 4.00. The van der Waals surface area contributed by atoms with Gasteiger partial charge in [0.15, 0.2) is 10.8 Å². The molecule has 0 atom stereocenters. The fraction of sp³-hybridized carbons (Fsp3) is 0.105. The maximum absolute atomic E-state index is 13.3. The van der Waals surface area contributed by atoms with Gasteiger partial charge >= 0.3 is 0 Å². The van der Waals surface area contributed by atoms with E-state index < -0.39 is 0 Å². The summed E-state index contributed by atoms with van der Waals surface area (Å²) in [7, 11) is 1.60. The third-order valence-corrected chi connectivity index (χ3v) is 4.94. The molecule has 0 fully saturated rings. The summed E-state index contributed by atoms with van der Waals surface area (Å²) >= 11 is 1.33. The molecule has 27 heavy (non-hydrogen) atoms. The zero-order valence-electron chi connectivity index (χ0n) is 14.3. The van der Waals surface area contributed by atoms with Crippen LogP contribution >= 0.6 is 11.8 Å². The normalized spacial score (nSPS) is 11.0. The fourth-order valence-electron chi connectivity index (χ4n) is 2.66. The summed E-state index contributed by atoms with van der Waals surface area (Å²) in [6, 6.07) is 13.7. The van der Waals surface area contributed by atoms with Gasteiger partial charge in [-0.05, 0) is 42.0 Å². The van der Waals surface area contributed by atoms with Gasteiger partial charge in [0.2, 0.25) is 0 Å². The Labute approximate surface area is 158 Å². The number of benzene rings is 2. The molecule has 2 heterocycles. The van der Waals surface area contributed by atoms with Crippen LogP contribution in [0.1, 0.15) is 5.56 Å². The molecule has 2 aromatic carbocycles. The van der Waals surface area contributed by atoms with E-state index in [1.165, 1.54) is 30.1 Å². The summed E-state index contributed by atoms with van der Waals surface area (Å²) in [4.78, 5) is 19.7. The zero-order valence-corrected chi connectivity index (χ0v) is 15.2. The van der Waals surface area contributed by atoms with Crippen LogP contribution in [0.3, 0.4) is 0 Å². The van der Waals surface area contributed by atoms with E-state index >= 15 is 0 Å². The van der Waals surface area contributed by atoms with Crippen LogP contribution in [0.15, 0.2) is 64.7 Å². The largest absolute Gasteiger partial charge is 0.497 e. The number of aromatic nitrogens is 4. The first-order valence-corrected chi connectivity index (χ1v) is 9.12. The van der Waals surface area contributed by atoms with Gasteiger partial charge in [-0.25, -0.2) is 14.1 Å². The van der Waals surface area contributed by atoms with Gasteiger partial charge in [-0.2, -0.15) is 5.10 Å². The van der Waals surface area contributed by atoms with Crippen LogP contribution in [0, 0.1) is 5.82 Å². The van der Waals surface area contributed by atoms with Crippen LogP contribution in [0.2, 0.25) is 0 Å². The van der Waals surface area contributed by atoms with E-state index in [1.807, 2.05) is 30.3 Å². The van der Waals surface area contributed by atoms with Crippen molar-refractivity contribution in [2.24, 2.45) is 0 Å². The maximum Gasteiger partial charge on any atom is 0.262 e. The van der Waals surface area contributed by atoms with E-state index in [1.54, 1.807) is 17.9 Å². The van der Waals surface area contributed by atoms with E-state index in [2.05, 4.69) is 15.1 Å². The molecule has 8 heteroatoms. The van der Waals surface area contributed by atoms with Gasteiger partial charge in [-0.15, -0.1) is 0 Å². The highest BCUT2D eigenvalue weighted by atomic mass is 32.2. The Morgan fingerprint density at radius 2 is 2.04 bits per heavy atom. The maximum atomic E-state index is 13.3. The summed E-state index contributed by atoms with van der Waals surface area (Å²) in [6.45, 7) is 0. The van der Waals surface area contributed by atoms with E-state index in [0.717, 1.165) is 17.0 Å². The lowest BCUT2D eigenvalue weighted by atomic mass is 10.2. The van der Waals surface area contributed by atoms with Crippen LogP contribution in [0.4, 0.5) is 4.39 Å². The molecule has 4 aromatic rings. The number of thioether (sulfide) groups is 1. The highest BCUT2D eigenvalue weighted by molar-refractivity contribution is 7.98. The third kappa shape index (κ3) is 3.56. The van der Waals surface area contributed by atoms with E-state index in [9.17, 15) is 9.18 Å². The van der Waals surface area contributed by atoms with Crippen molar-refractivity contribution in [2.45, 2.75) is 10.9 Å². The number of fused-ring (bicyclic) bond motifs is 1. The first-order chi connectivity index (χ1) is 13.1. The van der Waals surface area contributed by atoms with Gasteiger partial charge in [-0.3, -0.25) is 4.79 Å². The first-order valence-electron chi connectivity index (χ1n) is 8.14. The van der Waals surface area contributed by atoms with Gasteiger partial charge in [0.1, 0.15) is 17.0 Å². The van der Waals surface area contributed by atoms with Gasteiger partial charge in [-0.1, -0.05) is 23.9 Å². The molecule has 2 aromatic heterocycles. The number of ether oxygens (including phenoxy) is 1. The summed E-state index contributed by atoms with van der Waals surface area (Å²) in [6.07, 6.45) is 1.49. The number of methoxy groups -OCH3 is 1. The lowest BCUT2D eigenvalue weighted by Crippen LogP contribution is -2.09. The van der Waals surface area contributed by atoms with Gasteiger partial charge in [0, 0.05) is 5.75 Å². The lowest BCUT2D eigenvalue weighted by Gasteiger charge is -2.06. The van der Waals surface area contributed by atoms with Gasteiger partial charge < -0.3 is 9.72 Å². The molecule has 0 unspecified atom stereocenters. The minimum Gasteiger partial charge on any atom is -0.497 e. The Kier molecular flexibility index (Phi) is 4.64. The summed E-state index contributed by atoms with van der Waals surface area (Å²) in [5.41, 5.74) is 1.78. The predicted molar refractivity (Wildman–Crippen MR) is 102 cm³/mol. The molecule has 0 bridgehead atoms. The van der Waals surface area contributed by atoms with Crippen LogP contribution in [0.25, 0.3) is 16.7 Å². The molecule has 0 radical (unpaired) electrons. The molecular weight excluding hydrogens is 367 g/mol. The summed E-state index contributed by atoms with van der Waals surface area (Å²) < 4.78 is 20.1. The average molecular weight is 382 g/mol. The molecular formula is C19H15FN4O2S. The molecule has 0 saturated heterocycles. The predicted octanol–water partition coefficient (Wildman–Crippen LogP) is 3.55. The first kappa shape index (κ1) is 17.3. The number of H-pyrrole nitrogens is 1. The number of hydrogen-bond donors (Lipinski definition) is 1. The van der Waals surface area contributed by atoms with E-state index in [0.29, 0.717) is 21.9 Å². The Morgan fingerprint density at radius 3 is 2.78 bits per heavy atom. The lowest BCUT2D eigenvalue weighted by molar-refractivity contribution is 0.414. The average Bonchev–Trinajstić information content (AvgIpc) is 3.11. The van der Waals surface area contributed by atoms with E-state index in [-0.39, 0.29) is 11.4 Å². The van der Waals surface area contributed by atoms with Gasteiger partial charge in [0.25, 0.3) is 5.56 Å². The second-order valence-electron chi connectivity index (χ2n) is 5.78. The molecule has 1 N–H and O–H groups in total. The monoisotopic (exact) mass is 382 g/mol. The molecule has 136 valence electrons. The smallest absolute Gasteiger partial charge is 0.262 e. The Bertz CT molecular complexity index is 1150. The van der Waals surface area contributed by atoms with Crippen LogP contribution in [0.5, 0.6) is 5.75 Å². The number of nitrogens with one attached hydrogen (secondary N) is 1. The molecule has 0 aliphatic heterocycles. The number of nitrogens with zero attached hydrogens (tertiary/aromatic N) is 3. The molecule has 0 amide bonds. The van der Waals surface area contributed by atoms with Crippen molar-refractivity contribution in [3.05, 3.63) is 76.5 Å². The molecule has 4 rings (SSSR count). The molecule has 0 aliphatic rings. The molecule has 0 aliphatic carbocycles. The van der Waals surface area contributed by atoms with Crippen molar-refractivity contribution in [3.8, 4) is 11.4 Å². The Balaban J connectivity index is 1.68. The van der Waals surface area contributed by atoms with Crippen molar-refractivity contribution in [3.63, 3.8) is 0 Å². The van der Waals surface area contributed by atoms with Crippen LogP contribution in [-0.2, 0) is 5.75 Å². The zero-order chi connectivity index (χ0) is 18.8. The standard InChI is InChI=1S/C19H15FN4O2S/c1-26-15-7-5-14(6-8-15)24-17-16(10-21-24)18(25)23-19(22-17)27-11-12-3-2-4-13(20)9-12/h2-10H,11H2,1H3,(H,22,23,25). The summed E-state index contributed by atoms with van der Waals surface area (Å²) in [5.74, 6) is 0.929. The van der Waals surface area contributed by atoms with Crippen molar-refractivity contribution in [2.75, 3.05) is 7.11 Å². The van der Waals surface area contributed by atoms with Crippen LogP contribution in [-0.4, -0.2) is 26.9 Å². The van der Waals surface area contributed by atoms with Crippen molar-refractivity contribution >= 4 is 22.8 Å². The fourth-order valence-corrected chi connectivity index (χ4v) is 3.46. The van der Waals surface area contributed by atoms with Crippen LogP contribution < -0.4 is 10.3 Å². The topological polar surface area (TPSA) is 72.8 Å².